The van der Waals surface area contributed by atoms with Gasteiger partial charge in [0.2, 0.25) is 5.89 Å². The fourth-order valence-corrected chi connectivity index (χ4v) is 3.46. The molecule has 0 N–H and O–H groups in total. The first-order valence-electron chi connectivity index (χ1n) is 11.9. The average Bonchev–Trinajstić information content (AvgIpc) is 3.26. The zero-order valence-electron chi connectivity index (χ0n) is 20.3. The Bertz CT molecular complexity index is 1270. The molecule has 2 aromatic heterocycles. The van der Waals surface area contributed by atoms with E-state index in [9.17, 15) is 4.79 Å². The van der Waals surface area contributed by atoms with Crippen molar-refractivity contribution < 1.29 is 23.7 Å². The van der Waals surface area contributed by atoms with Crippen molar-refractivity contribution in [2.75, 3.05) is 6.61 Å². The standard InChI is InChI=1S/C28H30N2O5/c1-4-19(2)34-35-27(31)16-11-21-9-13-23(14-10-21)32-18-17-24-20(3)33-28(30-24)26-15-12-22-7-5-6-8-25(22)29-26/h5-10,12-15,19H,4,11,16-18H2,1-3H3. The molecule has 182 valence electrons. The molecule has 0 amide bonds. The van der Waals surface area contributed by atoms with Crippen LogP contribution >= 0.6 is 0 Å². The molecule has 0 saturated carbocycles. The maximum absolute atomic E-state index is 11.8. The van der Waals surface area contributed by atoms with Crippen LogP contribution in [0.25, 0.3) is 22.5 Å². The number of carbonyl (C=O) groups excluding carboxylic acids is 1. The lowest BCUT2D eigenvalue weighted by Crippen LogP contribution is -2.13. The number of aromatic nitrogens is 2. The van der Waals surface area contributed by atoms with Gasteiger partial charge in [-0.15, -0.1) is 0 Å². The fourth-order valence-electron chi connectivity index (χ4n) is 3.46. The number of ether oxygens (including phenoxy) is 1. The minimum atomic E-state index is -0.369. The molecule has 0 aliphatic heterocycles. The van der Waals surface area contributed by atoms with E-state index >= 15 is 0 Å². The van der Waals surface area contributed by atoms with E-state index in [1.54, 1.807) is 0 Å². The van der Waals surface area contributed by atoms with Crippen molar-refractivity contribution >= 4 is 16.9 Å². The number of carbonyl (C=O) groups is 1. The van der Waals surface area contributed by atoms with Gasteiger partial charge in [0.25, 0.3) is 0 Å². The molecule has 35 heavy (non-hydrogen) atoms. The smallest absolute Gasteiger partial charge is 0.342 e. The van der Waals surface area contributed by atoms with Crippen LogP contribution < -0.4 is 4.74 Å². The van der Waals surface area contributed by atoms with E-state index in [0.717, 1.165) is 40.1 Å². The second-order valence-corrected chi connectivity index (χ2v) is 8.42. The van der Waals surface area contributed by atoms with Crippen molar-refractivity contribution in [2.45, 2.75) is 52.6 Å². The molecule has 7 heteroatoms. The largest absolute Gasteiger partial charge is 0.493 e. The minimum absolute atomic E-state index is 0.0987. The van der Waals surface area contributed by atoms with Crippen molar-refractivity contribution in [3.63, 3.8) is 0 Å². The van der Waals surface area contributed by atoms with Gasteiger partial charge in [-0.25, -0.2) is 14.8 Å². The highest BCUT2D eigenvalue weighted by Crippen LogP contribution is 2.23. The van der Waals surface area contributed by atoms with Gasteiger partial charge in [0.05, 0.1) is 24.2 Å². The van der Waals surface area contributed by atoms with Gasteiger partial charge in [-0.1, -0.05) is 43.3 Å². The SMILES string of the molecule is CCC(C)OOC(=O)CCc1ccc(OCCc2nc(-c3ccc4ccccc4n3)oc2C)cc1. The van der Waals surface area contributed by atoms with Crippen LogP contribution in [0.1, 0.15) is 43.7 Å². The molecule has 0 aliphatic carbocycles. The molecule has 0 saturated heterocycles. The molecule has 1 atom stereocenters. The summed E-state index contributed by atoms with van der Waals surface area (Å²) in [6.45, 7) is 6.20. The quantitative estimate of drug-likeness (QED) is 0.194. The number of hydrogen-bond donors (Lipinski definition) is 0. The first-order chi connectivity index (χ1) is 17.0. The summed E-state index contributed by atoms with van der Waals surface area (Å²) < 4.78 is 11.8. The number of fused-ring (bicyclic) bond motifs is 1. The van der Waals surface area contributed by atoms with E-state index in [-0.39, 0.29) is 18.5 Å². The first kappa shape index (κ1) is 24.4. The molecule has 0 fully saturated rings. The van der Waals surface area contributed by atoms with Crippen LogP contribution in [-0.2, 0) is 27.4 Å². The van der Waals surface area contributed by atoms with Gasteiger partial charge in [-0.3, -0.25) is 4.89 Å². The van der Waals surface area contributed by atoms with E-state index in [1.165, 1.54) is 0 Å². The third-order valence-corrected chi connectivity index (χ3v) is 5.74. The monoisotopic (exact) mass is 474 g/mol. The van der Waals surface area contributed by atoms with Crippen LogP contribution in [0, 0.1) is 6.92 Å². The predicted molar refractivity (Wildman–Crippen MR) is 133 cm³/mol. The molecule has 0 bridgehead atoms. The van der Waals surface area contributed by atoms with Crippen LogP contribution in [0.4, 0.5) is 0 Å². The maximum Gasteiger partial charge on any atom is 0.342 e. The number of pyridine rings is 1. The molecule has 7 nitrogen and oxygen atoms in total. The van der Waals surface area contributed by atoms with Crippen LogP contribution in [0.3, 0.4) is 0 Å². The highest BCUT2D eigenvalue weighted by Gasteiger charge is 2.13. The third-order valence-electron chi connectivity index (χ3n) is 5.74. The van der Waals surface area contributed by atoms with Crippen molar-refractivity contribution in [1.82, 2.24) is 9.97 Å². The summed E-state index contributed by atoms with van der Waals surface area (Å²) in [6.07, 6.45) is 2.14. The van der Waals surface area contributed by atoms with Gasteiger partial charge < -0.3 is 9.15 Å². The molecule has 0 aliphatic rings. The second-order valence-electron chi connectivity index (χ2n) is 8.42. The van der Waals surface area contributed by atoms with Crippen molar-refractivity contribution in [1.29, 1.82) is 0 Å². The molecule has 2 heterocycles. The fraction of sp³-hybridized carbons (Fsp3) is 0.321. The summed E-state index contributed by atoms with van der Waals surface area (Å²) in [4.78, 5) is 30.9. The van der Waals surface area contributed by atoms with Crippen LogP contribution in [0.5, 0.6) is 5.75 Å². The summed E-state index contributed by atoms with van der Waals surface area (Å²) in [5.74, 6) is 1.67. The highest BCUT2D eigenvalue weighted by molar-refractivity contribution is 5.80. The number of rotatable bonds is 11. The number of oxazole rings is 1. The zero-order chi connectivity index (χ0) is 24.6. The van der Waals surface area contributed by atoms with E-state index in [0.29, 0.717) is 31.0 Å². The molecule has 1 unspecified atom stereocenters. The number of benzene rings is 2. The molecule has 0 radical (unpaired) electrons. The normalized spacial score (nSPS) is 12.0. The zero-order valence-corrected chi connectivity index (χ0v) is 20.3. The maximum atomic E-state index is 11.8. The molecule has 2 aromatic carbocycles. The summed E-state index contributed by atoms with van der Waals surface area (Å²) in [6, 6.07) is 19.6. The van der Waals surface area contributed by atoms with Gasteiger partial charge in [-0.2, -0.15) is 4.89 Å². The van der Waals surface area contributed by atoms with Crippen LogP contribution in [0.15, 0.2) is 65.1 Å². The number of aryl methyl sites for hydroxylation is 2. The summed E-state index contributed by atoms with van der Waals surface area (Å²) >= 11 is 0. The van der Waals surface area contributed by atoms with Gasteiger partial charge in [0.15, 0.2) is 0 Å². The van der Waals surface area contributed by atoms with Crippen LogP contribution in [-0.4, -0.2) is 28.6 Å². The number of nitrogens with zero attached hydrogens (tertiary/aromatic N) is 2. The first-order valence-corrected chi connectivity index (χ1v) is 11.9. The summed E-state index contributed by atoms with van der Waals surface area (Å²) in [7, 11) is 0. The lowest BCUT2D eigenvalue weighted by molar-refractivity contribution is -0.294. The van der Waals surface area contributed by atoms with E-state index in [1.807, 2.05) is 81.4 Å². The second kappa shape index (κ2) is 11.6. The van der Waals surface area contributed by atoms with Crippen molar-refractivity contribution in [3.8, 4) is 17.3 Å². The molecule has 4 rings (SSSR count). The number of hydrogen-bond acceptors (Lipinski definition) is 7. The minimum Gasteiger partial charge on any atom is -0.493 e. The van der Waals surface area contributed by atoms with Crippen LogP contribution in [0.2, 0.25) is 0 Å². The Morgan fingerprint density at radius 3 is 2.60 bits per heavy atom. The topological polar surface area (TPSA) is 83.7 Å². The Balaban J connectivity index is 1.26. The van der Waals surface area contributed by atoms with E-state index in [2.05, 4.69) is 9.97 Å². The van der Waals surface area contributed by atoms with Gasteiger partial charge >= 0.3 is 5.97 Å². The third kappa shape index (κ3) is 6.67. The van der Waals surface area contributed by atoms with E-state index in [4.69, 9.17) is 18.9 Å². The molecular weight excluding hydrogens is 444 g/mol. The van der Waals surface area contributed by atoms with Gasteiger partial charge in [-0.05, 0) is 56.5 Å². The Morgan fingerprint density at radius 1 is 1.00 bits per heavy atom. The predicted octanol–water partition coefficient (Wildman–Crippen LogP) is 6.03. The molecule has 0 spiro atoms. The van der Waals surface area contributed by atoms with Gasteiger partial charge in [0.1, 0.15) is 23.3 Å². The lowest BCUT2D eigenvalue weighted by atomic mass is 10.1. The summed E-state index contributed by atoms with van der Waals surface area (Å²) in [5.41, 5.74) is 3.50. The Hall–Kier alpha value is -3.71. The highest BCUT2D eigenvalue weighted by atomic mass is 17.2. The Labute approximate surface area is 205 Å². The molecule has 4 aromatic rings. The molecular formula is C28H30N2O5. The average molecular weight is 475 g/mol. The van der Waals surface area contributed by atoms with Crippen molar-refractivity contribution in [2.24, 2.45) is 0 Å². The Kier molecular flexibility index (Phi) is 8.11. The van der Waals surface area contributed by atoms with E-state index < -0.39 is 0 Å². The lowest BCUT2D eigenvalue weighted by Gasteiger charge is -2.09. The van der Waals surface area contributed by atoms with Gasteiger partial charge in [0, 0.05) is 11.8 Å². The summed E-state index contributed by atoms with van der Waals surface area (Å²) in [5, 5.41) is 1.08. The number of para-hydroxylation sites is 1. The Morgan fingerprint density at radius 2 is 1.80 bits per heavy atom. The van der Waals surface area contributed by atoms with Crippen molar-refractivity contribution in [3.05, 3.63) is 77.7 Å².